The van der Waals surface area contributed by atoms with Crippen LogP contribution >= 0.6 is 0 Å². The van der Waals surface area contributed by atoms with Gasteiger partial charge in [-0.3, -0.25) is 0 Å². The molecule has 0 aromatic heterocycles. The van der Waals surface area contributed by atoms with Crippen LogP contribution in [0.2, 0.25) is 12.6 Å². The lowest BCUT2D eigenvalue weighted by molar-refractivity contribution is 0.458. The maximum absolute atomic E-state index is 5.58. The second kappa shape index (κ2) is 7.68. The molecule has 0 aromatic rings. The molecule has 0 spiro atoms. The summed E-state index contributed by atoms with van der Waals surface area (Å²) < 4.78 is 11.0. The Morgan fingerprint density at radius 2 is 2.30 bits per heavy atom. The summed E-state index contributed by atoms with van der Waals surface area (Å²) in [4.78, 5) is 0. The lowest BCUT2D eigenvalue weighted by Gasteiger charge is -2.12. The monoisotopic (exact) mass is 194 g/mol. The fraction of sp³-hybridized carbons (Fsp3) is 1.00. The molecule has 0 fully saturated rings. The van der Waals surface area contributed by atoms with Crippen molar-refractivity contribution in [1.82, 2.24) is 0 Å². The minimum Gasteiger partial charge on any atom is -0.447 e. The van der Waals surface area contributed by atoms with E-state index >= 15 is 0 Å². The van der Waals surface area contributed by atoms with Crippen molar-refractivity contribution < 1.29 is 8.23 Å². The molecule has 0 aliphatic rings. The Balaban J connectivity index is 3.21. The van der Waals surface area contributed by atoms with Crippen LogP contribution < -0.4 is 0 Å². The number of unbranched alkanes of at least 4 members (excludes halogenated alkanes) is 1. The first-order valence-corrected chi connectivity index (χ1v) is 8.56. The van der Waals surface area contributed by atoms with Gasteiger partial charge in [-0.05, 0) is 6.04 Å². The molecule has 0 saturated carbocycles. The third-order valence-corrected chi connectivity index (χ3v) is 7.21. The van der Waals surface area contributed by atoms with Gasteiger partial charge in [0, 0.05) is 0 Å². The lowest BCUT2D eigenvalue weighted by atomic mass is 10.4. The number of hydrogen-bond acceptors (Lipinski definition) is 2. The van der Waals surface area contributed by atoms with E-state index in [9.17, 15) is 0 Å². The Labute approximate surface area is 70.6 Å². The number of hydrogen-bond donors (Lipinski definition) is 0. The van der Waals surface area contributed by atoms with Crippen molar-refractivity contribution in [2.45, 2.75) is 32.4 Å². The zero-order chi connectivity index (χ0) is 7.82. The highest BCUT2D eigenvalue weighted by Gasteiger charge is 2.07. The van der Waals surface area contributed by atoms with E-state index < -0.39 is 9.28 Å². The predicted octanol–water partition coefficient (Wildman–Crippen LogP) is -0.548. The minimum atomic E-state index is -1.11. The highest BCUT2D eigenvalue weighted by Crippen LogP contribution is 2.01. The first kappa shape index (κ1) is 10.6. The molecule has 0 N–H and O–H groups in total. The Hall–Kier alpha value is 0.571. The molecule has 10 heavy (non-hydrogen) atoms. The van der Waals surface area contributed by atoms with Gasteiger partial charge >= 0.3 is 0 Å². The van der Waals surface area contributed by atoms with Crippen molar-refractivity contribution >= 4 is 29.5 Å². The molecule has 0 aliphatic carbocycles. The second-order valence-corrected chi connectivity index (χ2v) is 7.50. The molecular weight excluding hydrogens is 176 g/mol. The molecule has 1 unspecified atom stereocenters. The summed E-state index contributed by atoms with van der Waals surface area (Å²) in [5.74, 6) is 0. The normalized spacial score (nSPS) is 15.0. The maximum atomic E-state index is 5.58. The van der Waals surface area contributed by atoms with E-state index in [0.29, 0.717) is 0 Å². The van der Waals surface area contributed by atoms with Gasteiger partial charge < -0.3 is 8.23 Å². The van der Waals surface area contributed by atoms with Crippen LogP contribution in [0.1, 0.15) is 19.8 Å². The lowest BCUT2D eigenvalue weighted by Crippen LogP contribution is -2.22. The Morgan fingerprint density at radius 3 is 2.70 bits per heavy atom. The van der Waals surface area contributed by atoms with Crippen molar-refractivity contribution in [2.24, 2.45) is 0 Å². The van der Waals surface area contributed by atoms with Gasteiger partial charge in [-0.25, -0.2) is 0 Å². The zero-order valence-corrected chi connectivity index (χ0v) is 11.8. The summed E-state index contributed by atoms with van der Waals surface area (Å²) in [6.07, 6.45) is 2.55. The van der Waals surface area contributed by atoms with Crippen LogP contribution in [-0.2, 0) is 8.23 Å². The molecule has 0 heterocycles. The molecule has 1 atom stereocenters. The average molecular weight is 194 g/mol. The van der Waals surface area contributed by atoms with Crippen LogP contribution in [0.5, 0.6) is 0 Å². The average Bonchev–Trinajstić information content (AvgIpc) is 1.98. The van der Waals surface area contributed by atoms with E-state index in [4.69, 9.17) is 8.23 Å². The van der Waals surface area contributed by atoms with Crippen LogP contribution in [0.15, 0.2) is 0 Å². The Bertz CT molecular complexity index is 71.9. The highest BCUT2D eigenvalue weighted by molar-refractivity contribution is 6.55. The van der Waals surface area contributed by atoms with Gasteiger partial charge in [-0.15, -0.1) is 0 Å². The first-order chi connectivity index (χ1) is 4.85. The first-order valence-electron chi connectivity index (χ1n) is 3.99. The van der Waals surface area contributed by atoms with Crippen molar-refractivity contribution in [3.8, 4) is 0 Å². The van der Waals surface area contributed by atoms with Crippen molar-refractivity contribution in [3.05, 3.63) is 0 Å². The quantitative estimate of drug-likeness (QED) is 0.529. The van der Waals surface area contributed by atoms with Crippen molar-refractivity contribution in [1.29, 1.82) is 0 Å². The van der Waals surface area contributed by atoms with Gasteiger partial charge in [0.05, 0.1) is 0 Å². The molecule has 0 saturated heterocycles. The fourth-order valence-corrected chi connectivity index (χ4v) is 6.43. The third kappa shape index (κ3) is 5.36. The van der Waals surface area contributed by atoms with Gasteiger partial charge in [-0.1, -0.05) is 26.3 Å². The summed E-state index contributed by atoms with van der Waals surface area (Å²) >= 11 is 0. The third-order valence-electron chi connectivity index (χ3n) is 1.41. The van der Waals surface area contributed by atoms with E-state index in [1.54, 1.807) is 0 Å². The van der Waals surface area contributed by atoms with Crippen LogP contribution in [0.4, 0.5) is 0 Å². The standard InChI is InChI=1S/C5H18O2Si3/c1-3-4-5-10(6-8)7-9-2/h10H,3-5,9H2,1-2,8H3. The summed E-state index contributed by atoms with van der Waals surface area (Å²) in [7, 11) is -0.458. The predicted molar refractivity (Wildman–Crippen MR) is 53.4 cm³/mol. The largest absolute Gasteiger partial charge is 0.447 e. The SMILES string of the molecule is CCCC[SiH](O[SiH3])O[SiH2]C. The molecule has 2 nitrogen and oxygen atoms in total. The van der Waals surface area contributed by atoms with Crippen LogP contribution in [0, 0.1) is 0 Å². The summed E-state index contributed by atoms with van der Waals surface area (Å²) in [5.41, 5.74) is 0. The summed E-state index contributed by atoms with van der Waals surface area (Å²) in [6, 6.07) is 1.22. The Kier molecular flexibility index (Phi) is 8.11. The summed E-state index contributed by atoms with van der Waals surface area (Å²) in [6.45, 7) is 4.38. The van der Waals surface area contributed by atoms with Gasteiger partial charge in [-0.2, -0.15) is 0 Å². The Morgan fingerprint density at radius 1 is 1.60 bits per heavy atom. The van der Waals surface area contributed by atoms with Gasteiger partial charge in [0.2, 0.25) is 0 Å². The number of rotatable bonds is 6. The molecule has 0 aromatic carbocycles. The highest BCUT2D eigenvalue weighted by atomic mass is 28.4. The van der Waals surface area contributed by atoms with Gasteiger partial charge in [0.25, 0.3) is 9.28 Å². The van der Waals surface area contributed by atoms with E-state index in [0.717, 1.165) is 10.5 Å². The van der Waals surface area contributed by atoms with E-state index in [1.807, 2.05) is 0 Å². The van der Waals surface area contributed by atoms with Crippen LogP contribution in [0.25, 0.3) is 0 Å². The molecule has 5 heteroatoms. The van der Waals surface area contributed by atoms with E-state index in [-0.39, 0.29) is 9.76 Å². The molecule has 0 radical (unpaired) electrons. The maximum Gasteiger partial charge on any atom is 0.299 e. The molecular formula is C5H18O2Si3. The minimum absolute atomic E-state index is 0.213. The van der Waals surface area contributed by atoms with Crippen molar-refractivity contribution in [2.75, 3.05) is 0 Å². The van der Waals surface area contributed by atoms with Gasteiger partial charge in [0.15, 0.2) is 0 Å². The second-order valence-electron chi connectivity index (χ2n) is 2.26. The molecule has 0 amide bonds. The van der Waals surface area contributed by atoms with Crippen LogP contribution in [0.3, 0.4) is 0 Å². The molecule has 0 rings (SSSR count). The molecule has 0 aliphatic heterocycles. The van der Waals surface area contributed by atoms with Crippen LogP contribution in [-0.4, -0.2) is 29.5 Å². The topological polar surface area (TPSA) is 18.5 Å². The molecule has 0 bridgehead atoms. The van der Waals surface area contributed by atoms with E-state index in [1.165, 1.54) is 18.9 Å². The van der Waals surface area contributed by atoms with E-state index in [2.05, 4.69) is 13.5 Å². The smallest absolute Gasteiger partial charge is 0.299 e. The van der Waals surface area contributed by atoms with Crippen molar-refractivity contribution in [3.63, 3.8) is 0 Å². The zero-order valence-electron chi connectivity index (χ0n) is 7.22. The van der Waals surface area contributed by atoms with Gasteiger partial charge in [0.1, 0.15) is 20.2 Å². The summed E-state index contributed by atoms with van der Waals surface area (Å²) in [5, 5.41) is 0. The fourth-order valence-electron chi connectivity index (χ4n) is 0.826. The molecule has 62 valence electrons.